The summed E-state index contributed by atoms with van der Waals surface area (Å²) in [6.45, 7) is 0.835. The molecule has 39 heavy (non-hydrogen) atoms. The second-order valence-corrected chi connectivity index (χ2v) is 8.95. The molecule has 3 aromatic carbocycles. The Morgan fingerprint density at radius 1 is 0.897 bits per heavy atom. The monoisotopic (exact) mass is 532 g/mol. The number of azide groups is 1. The number of hydrogen-bond donors (Lipinski definition) is 1. The third kappa shape index (κ3) is 11.2. The van der Waals surface area contributed by atoms with Gasteiger partial charge in [0.2, 0.25) is 0 Å². The molecule has 9 heteroatoms. The zero-order valence-corrected chi connectivity index (χ0v) is 22.2. The van der Waals surface area contributed by atoms with Crippen LogP contribution < -0.4 is 5.32 Å². The molecule has 206 valence electrons. The van der Waals surface area contributed by atoms with Crippen molar-refractivity contribution in [1.82, 2.24) is 5.32 Å². The average Bonchev–Trinajstić information content (AvgIpc) is 2.98. The van der Waals surface area contributed by atoms with Crippen LogP contribution in [0.3, 0.4) is 0 Å². The van der Waals surface area contributed by atoms with E-state index < -0.39 is 24.3 Å². The van der Waals surface area contributed by atoms with Gasteiger partial charge >= 0.3 is 6.09 Å². The molecule has 9 nitrogen and oxygen atoms in total. The van der Waals surface area contributed by atoms with Gasteiger partial charge in [0.15, 0.2) is 0 Å². The van der Waals surface area contributed by atoms with E-state index in [1.165, 1.54) is 0 Å². The lowest BCUT2D eigenvalue weighted by Gasteiger charge is -2.32. The molecule has 0 saturated heterocycles. The van der Waals surface area contributed by atoms with Crippen molar-refractivity contribution in [2.75, 3.05) is 27.1 Å². The fraction of sp³-hybridized carbons (Fsp3) is 0.367. The number of nitrogens with zero attached hydrogens (tertiary/aromatic N) is 3. The third-order valence-electron chi connectivity index (χ3n) is 6.14. The van der Waals surface area contributed by atoms with Gasteiger partial charge in [-0.1, -0.05) is 96.1 Å². The number of benzene rings is 3. The van der Waals surface area contributed by atoms with E-state index in [4.69, 9.17) is 18.9 Å². The predicted molar refractivity (Wildman–Crippen MR) is 149 cm³/mol. The van der Waals surface area contributed by atoms with E-state index in [0.29, 0.717) is 32.5 Å². The maximum Gasteiger partial charge on any atom is 0.407 e. The molecule has 0 aromatic heterocycles. The topological polar surface area (TPSA) is 115 Å². The van der Waals surface area contributed by atoms with Crippen molar-refractivity contribution in [3.8, 4) is 0 Å². The van der Waals surface area contributed by atoms with Crippen molar-refractivity contribution in [3.63, 3.8) is 0 Å². The highest BCUT2D eigenvalue weighted by atomic mass is 16.7. The Morgan fingerprint density at radius 3 is 2.13 bits per heavy atom. The van der Waals surface area contributed by atoms with E-state index in [9.17, 15) is 10.3 Å². The molecule has 0 aliphatic carbocycles. The van der Waals surface area contributed by atoms with Crippen LogP contribution in [-0.4, -0.2) is 51.4 Å². The first-order valence-electron chi connectivity index (χ1n) is 13.0. The fourth-order valence-electron chi connectivity index (χ4n) is 4.17. The van der Waals surface area contributed by atoms with Gasteiger partial charge in [-0.2, -0.15) is 0 Å². The van der Waals surface area contributed by atoms with Gasteiger partial charge in [-0.25, -0.2) is 4.79 Å². The number of ether oxygens (including phenoxy) is 4. The number of amides is 1. The Kier molecular flexibility index (Phi) is 13.4. The minimum atomic E-state index is -0.684. The van der Waals surface area contributed by atoms with E-state index in [0.717, 1.165) is 16.7 Å². The lowest BCUT2D eigenvalue weighted by atomic mass is 9.93. The summed E-state index contributed by atoms with van der Waals surface area (Å²) in [6, 6.07) is 28.0. The van der Waals surface area contributed by atoms with E-state index in [1.54, 1.807) is 7.11 Å². The van der Waals surface area contributed by atoms with Crippen molar-refractivity contribution >= 4 is 6.09 Å². The molecule has 0 fully saturated rings. The van der Waals surface area contributed by atoms with Gasteiger partial charge in [-0.05, 0) is 41.5 Å². The van der Waals surface area contributed by atoms with Crippen LogP contribution in [0.4, 0.5) is 4.79 Å². The van der Waals surface area contributed by atoms with Crippen LogP contribution in [0, 0.1) is 0 Å². The lowest BCUT2D eigenvalue weighted by Crippen LogP contribution is -2.51. The van der Waals surface area contributed by atoms with Gasteiger partial charge < -0.3 is 24.3 Å². The summed E-state index contributed by atoms with van der Waals surface area (Å²) in [4.78, 5) is 16.1. The number of nitrogens with one attached hydrogen (secondary N) is 1. The molecule has 0 unspecified atom stereocenters. The molecule has 3 aromatic rings. The molecule has 1 amide bonds. The van der Waals surface area contributed by atoms with Gasteiger partial charge in [-0.3, -0.25) is 0 Å². The molecule has 3 atom stereocenters. The van der Waals surface area contributed by atoms with Crippen molar-refractivity contribution in [2.24, 2.45) is 5.11 Å². The molecule has 0 bridgehead atoms. The normalized spacial score (nSPS) is 13.1. The number of rotatable bonds is 17. The molecule has 0 aliphatic heterocycles. The lowest BCUT2D eigenvalue weighted by molar-refractivity contribution is -0.113. The van der Waals surface area contributed by atoms with Gasteiger partial charge in [0.05, 0.1) is 31.4 Å². The first kappa shape index (κ1) is 29.7. The quantitative estimate of drug-likeness (QED) is 0.0771. The van der Waals surface area contributed by atoms with Crippen LogP contribution in [0.2, 0.25) is 0 Å². The molecule has 3 rings (SSSR count). The smallest absolute Gasteiger partial charge is 0.407 e. The molecule has 0 saturated carbocycles. The Morgan fingerprint density at radius 2 is 1.51 bits per heavy atom. The molecular weight excluding hydrogens is 496 g/mol. The average molecular weight is 533 g/mol. The zero-order valence-electron chi connectivity index (χ0n) is 22.2. The highest BCUT2D eigenvalue weighted by Gasteiger charge is 2.32. The van der Waals surface area contributed by atoms with Crippen molar-refractivity contribution in [3.05, 3.63) is 118 Å². The summed E-state index contributed by atoms with van der Waals surface area (Å²) >= 11 is 0. The molecule has 0 aliphatic rings. The summed E-state index contributed by atoms with van der Waals surface area (Å²) in [6.07, 6.45) is 0.356. The summed E-state index contributed by atoms with van der Waals surface area (Å²) in [5.41, 5.74) is 12.4. The summed E-state index contributed by atoms with van der Waals surface area (Å²) in [7, 11) is 1.59. The Labute approximate surface area is 229 Å². The number of methoxy groups -OCH3 is 1. The van der Waals surface area contributed by atoms with Crippen molar-refractivity contribution in [1.29, 1.82) is 0 Å². The predicted octanol–water partition coefficient (Wildman–Crippen LogP) is 5.84. The second kappa shape index (κ2) is 17.6. The van der Waals surface area contributed by atoms with Crippen molar-refractivity contribution in [2.45, 2.75) is 44.1 Å². The van der Waals surface area contributed by atoms with Crippen LogP contribution in [-0.2, 0) is 38.4 Å². The van der Waals surface area contributed by atoms with Crippen LogP contribution in [0.25, 0.3) is 10.4 Å². The van der Waals surface area contributed by atoms with Gasteiger partial charge in [0.1, 0.15) is 13.4 Å². The number of carbonyl (C=O) groups is 1. The maximum atomic E-state index is 13.0. The van der Waals surface area contributed by atoms with Gasteiger partial charge in [0, 0.05) is 12.0 Å². The highest BCUT2D eigenvalue weighted by molar-refractivity contribution is 5.67. The van der Waals surface area contributed by atoms with Crippen molar-refractivity contribution < 1.29 is 23.7 Å². The first-order valence-corrected chi connectivity index (χ1v) is 13.0. The largest absolute Gasteiger partial charge is 0.445 e. The highest BCUT2D eigenvalue weighted by Crippen LogP contribution is 2.20. The van der Waals surface area contributed by atoms with Crippen LogP contribution >= 0.6 is 0 Å². The molecule has 0 spiro atoms. The minimum Gasteiger partial charge on any atom is -0.445 e. The molecule has 0 heterocycles. The molecule has 0 radical (unpaired) electrons. The minimum absolute atomic E-state index is 0.0527. The molecule has 1 N–H and O–H groups in total. The summed E-state index contributed by atoms with van der Waals surface area (Å²) in [5, 5.41) is 7.08. The Balaban J connectivity index is 1.81. The fourth-order valence-corrected chi connectivity index (χ4v) is 4.17. The number of hydrogen-bond acceptors (Lipinski definition) is 6. The maximum absolute atomic E-state index is 13.0. The van der Waals surface area contributed by atoms with Crippen LogP contribution in [0.15, 0.2) is 96.1 Å². The third-order valence-corrected chi connectivity index (χ3v) is 6.14. The number of aryl methyl sites for hydroxylation is 1. The van der Waals surface area contributed by atoms with E-state index in [2.05, 4.69) is 15.3 Å². The Hall–Kier alpha value is -3.88. The molecular formula is C30H36N4O5. The van der Waals surface area contributed by atoms with Crippen LogP contribution in [0.1, 0.15) is 23.1 Å². The SMILES string of the molecule is COCCOCO[C@H]([C@@H](CCc1ccccc1)N=[N+]=[N-])[C@@H](Cc1ccccc1)NC(=O)OCc1ccccc1. The van der Waals surface area contributed by atoms with E-state index in [-0.39, 0.29) is 13.4 Å². The van der Waals surface area contributed by atoms with Crippen LogP contribution in [0.5, 0.6) is 0 Å². The first-order chi connectivity index (χ1) is 19.2. The van der Waals surface area contributed by atoms with Gasteiger partial charge in [-0.15, -0.1) is 0 Å². The standard InChI is InChI=1S/C30H36N4O5/c1-36-19-20-37-23-39-29(27(33-34-31)18-17-24-11-5-2-6-12-24)28(21-25-13-7-3-8-14-25)32-30(35)38-22-26-15-9-4-10-16-26/h2-16,27-29H,17-23H2,1H3,(H,32,35)/t27-,28-,29-/m1/s1. The summed E-state index contributed by atoms with van der Waals surface area (Å²) in [5.74, 6) is 0. The number of alkyl carbamates (subject to hydrolysis) is 1. The number of carbonyl (C=O) groups excluding carboxylic acids is 1. The Bertz CT molecular complexity index is 1130. The zero-order chi connectivity index (χ0) is 27.5. The summed E-state index contributed by atoms with van der Waals surface area (Å²) < 4.78 is 22.3. The van der Waals surface area contributed by atoms with E-state index >= 15 is 0 Å². The van der Waals surface area contributed by atoms with Gasteiger partial charge in [0.25, 0.3) is 0 Å². The second-order valence-electron chi connectivity index (χ2n) is 8.95. The van der Waals surface area contributed by atoms with E-state index in [1.807, 2.05) is 91.0 Å².